The van der Waals surface area contributed by atoms with Crippen LogP contribution >= 0.6 is 0 Å². The van der Waals surface area contributed by atoms with Crippen LogP contribution in [0, 0.1) is 11.7 Å². The predicted molar refractivity (Wildman–Crippen MR) is 98.9 cm³/mol. The Bertz CT molecular complexity index is 870. The Labute approximate surface area is 166 Å². The van der Waals surface area contributed by atoms with E-state index in [-0.39, 0.29) is 29.3 Å². The van der Waals surface area contributed by atoms with E-state index in [1.54, 1.807) is 0 Å². The maximum atomic E-state index is 14.3. The predicted octanol–water partition coefficient (Wildman–Crippen LogP) is 5.35. The molecule has 0 amide bonds. The Balaban J connectivity index is 1.45. The second-order valence-electron chi connectivity index (χ2n) is 7.76. The molecule has 2 aromatic carbocycles. The molecule has 2 fully saturated rings. The van der Waals surface area contributed by atoms with Crippen molar-refractivity contribution in [3.05, 3.63) is 65.5 Å². The van der Waals surface area contributed by atoms with Gasteiger partial charge in [-0.2, -0.15) is 0 Å². The smallest absolute Gasteiger partial charge is 0.406 e. The second kappa shape index (κ2) is 7.78. The summed E-state index contributed by atoms with van der Waals surface area (Å²) in [5.74, 6) is -2.29. The van der Waals surface area contributed by atoms with E-state index in [9.17, 15) is 22.4 Å². The average Bonchev–Trinajstić information content (AvgIpc) is 2.88. The molecule has 2 saturated heterocycles. The van der Waals surface area contributed by atoms with Crippen molar-refractivity contribution in [1.29, 1.82) is 0 Å². The number of Topliss-reactive ketones (excluding diaryl/α,β-unsaturated/α-hetero) is 1. The summed E-state index contributed by atoms with van der Waals surface area (Å²) in [6.45, 7) is 0.828. The summed E-state index contributed by atoms with van der Waals surface area (Å²) in [6.07, 6.45) is -1.61. The van der Waals surface area contributed by atoms with E-state index in [1.165, 1.54) is 5.56 Å². The highest BCUT2D eigenvalue weighted by molar-refractivity contribution is 5.98. The molecule has 2 unspecified atom stereocenters. The van der Waals surface area contributed by atoms with Crippen LogP contribution < -0.4 is 4.74 Å². The van der Waals surface area contributed by atoms with Crippen molar-refractivity contribution < 1.29 is 27.1 Å². The van der Waals surface area contributed by atoms with Gasteiger partial charge in [0, 0.05) is 30.6 Å². The van der Waals surface area contributed by atoms with Gasteiger partial charge in [0.1, 0.15) is 11.6 Å². The largest absolute Gasteiger partial charge is 0.573 e. The molecule has 2 aromatic rings. The average molecular weight is 407 g/mol. The first kappa shape index (κ1) is 19.9. The van der Waals surface area contributed by atoms with Gasteiger partial charge in [0.05, 0.1) is 5.56 Å². The summed E-state index contributed by atoms with van der Waals surface area (Å²) in [6, 6.07) is 13.4. The number of hydrogen-bond donors (Lipinski definition) is 0. The number of rotatable bonds is 5. The molecular formula is C22H21F4NO2. The highest BCUT2D eigenvalue weighted by atomic mass is 19.4. The summed E-state index contributed by atoms with van der Waals surface area (Å²) in [7, 11) is 0. The molecule has 3 nitrogen and oxygen atoms in total. The fourth-order valence-electron chi connectivity index (χ4n) is 4.65. The molecule has 7 heteroatoms. The van der Waals surface area contributed by atoms with E-state index in [0.717, 1.165) is 31.5 Å². The standard InChI is InChI=1S/C22H21F4NO2/c23-20-12-18(29-22(24,25)26)8-9-19(20)21(28)15-10-16-6-7-17(11-15)27(16)13-14-4-2-1-3-5-14/h1-5,8-9,12,15-17H,6-7,10-11,13H2. The first-order chi connectivity index (χ1) is 13.8. The number of piperidine rings is 1. The van der Waals surface area contributed by atoms with Crippen LogP contribution in [0.15, 0.2) is 48.5 Å². The van der Waals surface area contributed by atoms with Crippen molar-refractivity contribution in [1.82, 2.24) is 4.90 Å². The summed E-state index contributed by atoms with van der Waals surface area (Å²) >= 11 is 0. The van der Waals surface area contributed by atoms with Crippen LogP contribution in [-0.2, 0) is 6.54 Å². The summed E-state index contributed by atoms with van der Waals surface area (Å²) in [5, 5.41) is 0. The molecule has 0 aromatic heterocycles. The van der Waals surface area contributed by atoms with Gasteiger partial charge < -0.3 is 4.74 Å². The number of hydrogen-bond acceptors (Lipinski definition) is 3. The summed E-state index contributed by atoms with van der Waals surface area (Å²) in [4.78, 5) is 15.3. The second-order valence-corrected chi connectivity index (χ2v) is 7.76. The first-order valence-corrected chi connectivity index (χ1v) is 9.69. The van der Waals surface area contributed by atoms with Crippen LogP contribution in [0.3, 0.4) is 0 Å². The van der Waals surface area contributed by atoms with Crippen LogP contribution in [-0.4, -0.2) is 29.1 Å². The number of ether oxygens (including phenoxy) is 1. The molecule has 0 saturated carbocycles. The summed E-state index contributed by atoms with van der Waals surface area (Å²) < 4.78 is 54.9. The minimum absolute atomic E-state index is 0.166. The Morgan fingerprint density at radius 2 is 1.69 bits per heavy atom. The first-order valence-electron chi connectivity index (χ1n) is 9.69. The van der Waals surface area contributed by atoms with Gasteiger partial charge in [-0.05, 0) is 43.4 Å². The maximum Gasteiger partial charge on any atom is 0.573 e. The number of benzene rings is 2. The van der Waals surface area contributed by atoms with Gasteiger partial charge in [0.15, 0.2) is 5.78 Å². The Hall–Kier alpha value is -2.41. The fraction of sp³-hybridized carbons (Fsp3) is 0.409. The SMILES string of the molecule is O=C(c1ccc(OC(F)(F)F)cc1F)C1CC2CCC(C1)N2Cc1ccccc1. The van der Waals surface area contributed by atoms with Crippen LogP contribution in [0.2, 0.25) is 0 Å². The Kier molecular flexibility index (Phi) is 5.34. The highest BCUT2D eigenvalue weighted by Crippen LogP contribution is 2.41. The maximum absolute atomic E-state index is 14.3. The number of halogens is 4. The lowest BCUT2D eigenvalue weighted by Crippen LogP contribution is -2.44. The topological polar surface area (TPSA) is 29.5 Å². The van der Waals surface area contributed by atoms with Crippen molar-refractivity contribution in [2.45, 2.75) is 50.7 Å². The lowest BCUT2D eigenvalue weighted by molar-refractivity contribution is -0.274. The number of nitrogens with zero attached hydrogens (tertiary/aromatic N) is 1. The zero-order valence-electron chi connectivity index (χ0n) is 15.7. The van der Waals surface area contributed by atoms with E-state index in [0.29, 0.717) is 18.9 Å². The minimum Gasteiger partial charge on any atom is -0.406 e. The molecule has 2 aliphatic rings. The quantitative estimate of drug-likeness (QED) is 0.494. The van der Waals surface area contributed by atoms with Gasteiger partial charge in [-0.15, -0.1) is 13.2 Å². The van der Waals surface area contributed by atoms with E-state index in [2.05, 4.69) is 21.8 Å². The van der Waals surface area contributed by atoms with Crippen LogP contribution in [0.5, 0.6) is 5.75 Å². The van der Waals surface area contributed by atoms with Crippen LogP contribution in [0.25, 0.3) is 0 Å². The van der Waals surface area contributed by atoms with Gasteiger partial charge >= 0.3 is 6.36 Å². The molecule has 154 valence electrons. The molecule has 2 bridgehead atoms. The molecule has 4 rings (SSSR count). The van der Waals surface area contributed by atoms with E-state index in [1.807, 2.05) is 18.2 Å². The number of fused-ring (bicyclic) bond motifs is 2. The van der Waals surface area contributed by atoms with Gasteiger partial charge in [-0.3, -0.25) is 9.69 Å². The van der Waals surface area contributed by atoms with Gasteiger partial charge in [0.2, 0.25) is 0 Å². The molecule has 0 N–H and O–H groups in total. The molecule has 0 radical (unpaired) electrons. The number of ketones is 1. The molecule has 29 heavy (non-hydrogen) atoms. The van der Waals surface area contributed by atoms with Crippen LogP contribution in [0.1, 0.15) is 41.6 Å². The third kappa shape index (κ3) is 4.45. The number of alkyl halides is 3. The van der Waals surface area contributed by atoms with Crippen molar-refractivity contribution in [2.75, 3.05) is 0 Å². The third-order valence-corrected chi connectivity index (χ3v) is 5.90. The molecule has 0 aliphatic carbocycles. The molecule has 2 heterocycles. The van der Waals surface area contributed by atoms with Crippen LogP contribution in [0.4, 0.5) is 17.6 Å². The minimum atomic E-state index is -4.90. The van der Waals surface area contributed by atoms with E-state index < -0.39 is 17.9 Å². The highest BCUT2D eigenvalue weighted by Gasteiger charge is 2.43. The number of carbonyl (C=O) groups excluding carboxylic acids is 1. The Morgan fingerprint density at radius 1 is 1.03 bits per heavy atom. The number of carbonyl (C=O) groups is 1. The lowest BCUT2D eigenvalue weighted by Gasteiger charge is -2.38. The lowest BCUT2D eigenvalue weighted by atomic mass is 9.84. The van der Waals surface area contributed by atoms with Gasteiger partial charge in [0.25, 0.3) is 0 Å². The fourth-order valence-corrected chi connectivity index (χ4v) is 4.65. The van der Waals surface area contributed by atoms with E-state index >= 15 is 0 Å². The molecule has 2 aliphatic heterocycles. The Morgan fingerprint density at radius 3 is 2.28 bits per heavy atom. The zero-order valence-corrected chi connectivity index (χ0v) is 15.7. The van der Waals surface area contributed by atoms with Crippen molar-refractivity contribution in [2.24, 2.45) is 5.92 Å². The summed E-state index contributed by atoms with van der Waals surface area (Å²) in [5.41, 5.74) is 1.06. The third-order valence-electron chi connectivity index (χ3n) is 5.90. The van der Waals surface area contributed by atoms with Gasteiger partial charge in [-0.1, -0.05) is 30.3 Å². The molecule has 2 atom stereocenters. The molecular weight excluding hydrogens is 386 g/mol. The van der Waals surface area contributed by atoms with E-state index in [4.69, 9.17) is 0 Å². The monoisotopic (exact) mass is 407 g/mol. The van der Waals surface area contributed by atoms with Crippen molar-refractivity contribution >= 4 is 5.78 Å². The van der Waals surface area contributed by atoms with Crippen molar-refractivity contribution in [3.63, 3.8) is 0 Å². The zero-order chi connectivity index (χ0) is 20.6. The normalized spacial score (nSPS) is 24.5. The van der Waals surface area contributed by atoms with Crippen molar-refractivity contribution in [3.8, 4) is 5.75 Å². The molecule has 0 spiro atoms. The van der Waals surface area contributed by atoms with Gasteiger partial charge in [-0.25, -0.2) is 4.39 Å².